The zero-order valence-corrected chi connectivity index (χ0v) is 6.74. The quantitative estimate of drug-likeness (QED) is 0.408. The molecule has 0 N–H and O–H groups in total. The Morgan fingerprint density at radius 2 is 2.12 bits per heavy atom. The normalized spacial score (nSPS) is 9.75. The molecule has 0 aliphatic heterocycles. The first kappa shape index (κ1) is 8.18. The number of rotatable bonds is 5. The lowest BCUT2D eigenvalue weighted by Gasteiger charge is -1.93. The summed E-state index contributed by atoms with van der Waals surface area (Å²) < 4.78 is 4.92. The average Bonchev–Trinajstić information content (AvgIpc) is 1.81. The first-order chi connectivity index (χ1) is 3.91. The van der Waals surface area contributed by atoms with Gasteiger partial charge in [-0.3, -0.25) is 0 Å². The van der Waals surface area contributed by atoms with Crippen molar-refractivity contribution in [3.05, 3.63) is 0 Å². The summed E-state index contributed by atoms with van der Waals surface area (Å²) in [6.07, 6.45) is 4.01. The van der Waals surface area contributed by atoms with Gasteiger partial charge >= 0.3 is 0 Å². The van der Waals surface area contributed by atoms with Crippen LogP contribution in [0.3, 0.4) is 0 Å². The molecule has 0 bridgehead atoms. The van der Waals surface area contributed by atoms with Gasteiger partial charge in [-0.25, -0.2) is 0 Å². The van der Waals surface area contributed by atoms with Crippen LogP contribution in [0.25, 0.3) is 0 Å². The second-order valence-corrected chi connectivity index (χ2v) is 3.00. The van der Waals surface area contributed by atoms with Crippen LogP contribution in [0.1, 0.15) is 26.2 Å². The Kier molecular flexibility index (Phi) is 7.34. The highest BCUT2D eigenvalue weighted by atomic mass is 28.2. The lowest BCUT2D eigenvalue weighted by atomic mass is 10.3. The fourth-order valence-electron chi connectivity index (χ4n) is 0.549. The predicted octanol–water partition coefficient (Wildman–Crippen LogP) is 1.86. The summed E-state index contributed by atoms with van der Waals surface area (Å²) in [5.41, 5.74) is 0. The van der Waals surface area contributed by atoms with Crippen LogP contribution in [0.5, 0.6) is 0 Å². The van der Waals surface area contributed by atoms with E-state index in [-0.39, 0.29) is 0 Å². The van der Waals surface area contributed by atoms with E-state index in [1.54, 1.807) is 7.11 Å². The summed E-state index contributed by atoms with van der Waals surface area (Å²) in [6.45, 7) is 2.22. The minimum absolute atomic E-state index is 0.725. The molecule has 0 aliphatic rings. The molecule has 0 aromatic heterocycles. The molecule has 0 spiro atoms. The number of hydrogen-bond donors (Lipinski definition) is 0. The average molecular weight is 130 g/mol. The standard InChI is InChI=1S/C6H14OSi/c1-3-4-5-6-8-7-2/h3-6H2,1-2H3. The SMILES string of the molecule is CCCCC[Si]OC. The summed E-state index contributed by atoms with van der Waals surface area (Å²) in [6, 6.07) is 1.25. The Bertz CT molecular complexity index is 33.5. The number of hydrogen-bond acceptors (Lipinski definition) is 1. The highest BCUT2D eigenvalue weighted by Crippen LogP contribution is 1.97. The summed E-state index contributed by atoms with van der Waals surface area (Å²) in [5, 5.41) is 0. The fraction of sp³-hybridized carbons (Fsp3) is 1.00. The minimum atomic E-state index is 0.725. The molecule has 1 nitrogen and oxygen atoms in total. The molecule has 0 rings (SSSR count). The molecule has 0 aromatic carbocycles. The van der Waals surface area contributed by atoms with Crippen LogP contribution in [0.15, 0.2) is 0 Å². The first-order valence-corrected chi connectivity index (χ1v) is 4.29. The van der Waals surface area contributed by atoms with Crippen molar-refractivity contribution in [3.8, 4) is 0 Å². The van der Waals surface area contributed by atoms with Crippen molar-refractivity contribution in [2.75, 3.05) is 7.11 Å². The van der Waals surface area contributed by atoms with Crippen molar-refractivity contribution >= 4 is 9.76 Å². The van der Waals surface area contributed by atoms with Crippen LogP contribution in [0, 0.1) is 0 Å². The molecule has 2 radical (unpaired) electrons. The number of unbranched alkanes of at least 4 members (excludes halogenated alkanes) is 2. The van der Waals surface area contributed by atoms with Gasteiger partial charge in [0, 0.05) is 7.11 Å². The second-order valence-electron chi connectivity index (χ2n) is 1.81. The van der Waals surface area contributed by atoms with E-state index in [1.807, 2.05) is 0 Å². The molecule has 0 fully saturated rings. The van der Waals surface area contributed by atoms with E-state index >= 15 is 0 Å². The van der Waals surface area contributed by atoms with Crippen molar-refractivity contribution in [1.29, 1.82) is 0 Å². The maximum Gasteiger partial charge on any atom is 0.229 e. The third-order valence-corrected chi connectivity index (χ3v) is 1.87. The van der Waals surface area contributed by atoms with Crippen molar-refractivity contribution in [3.63, 3.8) is 0 Å². The summed E-state index contributed by atoms with van der Waals surface area (Å²) in [7, 11) is 2.49. The van der Waals surface area contributed by atoms with E-state index in [0.29, 0.717) is 0 Å². The van der Waals surface area contributed by atoms with Crippen molar-refractivity contribution in [1.82, 2.24) is 0 Å². The van der Waals surface area contributed by atoms with Gasteiger partial charge < -0.3 is 4.43 Å². The van der Waals surface area contributed by atoms with E-state index < -0.39 is 0 Å². The second kappa shape index (κ2) is 7.18. The van der Waals surface area contributed by atoms with Gasteiger partial charge in [0.1, 0.15) is 0 Å². The van der Waals surface area contributed by atoms with Gasteiger partial charge in [-0.1, -0.05) is 26.2 Å². The zero-order valence-electron chi connectivity index (χ0n) is 5.74. The maximum atomic E-state index is 4.92. The van der Waals surface area contributed by atoms with Crippen LogP contribution >= 0.6 is 0 Å². The minimum Gasteiger partial charge on any atom is -0.421 e. The zero-order chi connectivity index (χ0) is 6.24. The fourth-order valence-corrected chi connectivity index (χ4v) is 1.15. The van der Waals surface area contributed by atoms with Crippen LogP contribution in [-0.4, -0.2) is 16.9 Å². The van der Waals surface area contributed by atoms with E-state index in [0.717, 1.165) is 9.76 Å². The molecular weight excluding hydrogens is 116 g/mol. The molecule has 8 heavy (non-hydrogen) atoms. The van der Waals surface area contributed by atoms with Crippen LogP contribution in [-0.2, 0) is 4.43 Å². The molecule has 0 amide bonds. The summed E-state index contributed by atoms with van der Waals surface area (Å²) in [4.78, 5) is 0. The van der Waals surface area contributed by atoms with Gasteiger partial charge in [-0.15, -0.1) is 0 Å². The van der Waals surface area contributed by atoms with Crippen LogP contribution in [0.4, 0.5) is 0 Å². The molecule has 48 valence electrons. The Morgan fingerprint density at radius 3 is 2.62 bits per heavy atom. The van der Waals surface area contributed by atoms with Crippen molar-refractivity contribution < 1.29 is 4.43 Å². The molecule has 0 unspecified atom stereocenters. The molecule has 0 saturated heterocycles. The summed E-state index contributed by atoms with van der Waals surface area (Å²) >= 11 is 0. The first-order valence-electron chi connectivity index (χ1n) is 3.17. The van der Waals surface area contributed by atoms with Gasteiger partial charge in [-0.2, -0.15) is 0 Å². The third kappa shape index (κ3) is 6.18. The molecule has 0 heterocycles. The Labute approximate surface area is 54.4 Å². The van der Waals surface area contributed by atoms with Gasteiger partial charge in [0.05, 0.1) is 0 Å². The summed E-state index contributed by atoms with van der Waals surface area (Å²) in [5.74, 6) is 0. The molecule has 2 heteroatoms. The van der Waals surface area contributed by atoms with Crippen molar-refractivity contribution in [2.24, 2.45) is 0 Å². The molecule has 0 atom stereocenters. The Morgan fingerprint density at radius 1 is 1.38 bits per heavy atom. The topological polar surface area (TPSA) is 9.23 Å². The van der Waals surface area contributed by atoms with E-state index in [1.165, 1.54) is 25.3 Å². The molecular formula is C6H14OSi. The highest BCUT2D eigenvalue weighted by molar-refractivity contribution is 6.26. The van der Waals surface area contributed by atoms with Crippen LogP contribution < -0.4 is 0 Å². The highest BCUT2D eigenvalue weighted by Gasteiger charge is 1.86. The molecule has 0 aliphatic carbocycles. The van der Waals surface area contributed by atoms with E-state index in [4.69, 9.17) is 4.43 Å². The Balaban J connectivity index is 2.53. The Hall–Kier alpha value is 0.177. The predicted molar refractivity (Wildman–Crippen MR) is 37.1 cm³/mol. The van der Waals surface area contributed by atoms with E-state index in [9.17, 15) is 0 Å². The van der Waals surface area contributed by atoms with Crippen LogP contribution in [0.2, 0.25) is 6.04 Å². The van der Waals surface area contributed by atoms with E-state index in [2.05, 4.69) is 6.92 Å². The smallest absolute Gasteiger partial charge is 0.229 e. The molecule has 0 saturated carbocycles. The largest absolute Gasteiger partial charge is 0.421 e. The lowest BCUT2D eigenvalue weighted by molar-refractivity contribution is 0.439. The van der Waals surface area contributed by atoms with Gasteiger partial charge in [0.25, 0.3) is 0 Å². The van der Waals surface area contributed by atoms with Gasteiger partial charge in [0.15, 0.2) is 0 Å². The molecule has 0 aromatic rings. The van der Waals surface area contributed by atoms with Gasteiger partial charge in [0.2, 0.25) is 9.76 Å². The lowest BCUT2D eigenvalue weighted by Crippen LogP contribution is -1.91. The monoisotopic (exact) mass is 130 g/mol. The maximum absolute atomic E-state index is 4.92. The third-order valence-electron chi connectivity index (χ3n) is 1.03. The van der Waals surface area contributed by atoms with Gasteiger partial charge in [-0.05, 0) is 6.04 Å². The van der Waals surface area contributed by atoms with Crippen molar-refractivity contribution in [2.45, 2.75) is 32.2 Å².